The van der Waals surface area contributed by atoms with Crippen LogP contribution in [0, 0.1) is 18.3 Å². The van der Waals surface area contributed by atoms with Crippen LogP contribution in [0.4, 0.5) is 0 Å². The van der Waals surface area contributed by atoms with Crippen LogP contribution in [0.25, 0.3) is 11.3 Å². The van der Waals surface area contributed by atoms with Gasteiger partial charge in [0.15, 0.2) is 9.84 Å². The molecule has 0 aliphatic carbocycles. The normalized spacial score (nSPS) is 11.4. The summed E-state index contributed by atoms with van der Waals surface area (Å²) in [5, 5.41) is 10.8. The van der Waals surface area contributed by atoms with Crippen LogP contribution in [0.1, 0.15) is 16.7 Å². The van der Waals surface area contributed by atoms with Gasteiger partial charge in [0, 0.05) is 22.8 Å². The molecule has 3 rings (SSSR count). The number of nitrogens with one attached hydrogen (secondary N) is 1. The van der Waals surface area contributed by atoms with Crippen molar-refractivity contribution in [1.29, 1.82) is 5.26 Å². The molecule has 3 aromatic rings. The van der Waals surface area contributed by atoms with Crippen LogP contribution in [0.2, 0.25) is 4.34 Å². The SMILES string of the molecule is Cc1cc(C#N)ccc1CCS(=O)(=O)c1c[nH]c(-c2csc(Cl)c2)c1. The quantitative estimate of drug-likeness (QED) is 0.692. The molecule has 0 radical (unpaired) electrons. The van der Waals surface area contributed by atoms with Crippen LogP contribution in [0.3, 0.4) is 0 Å². The highest BCUT2D eigenvalue weighted by molar-refractivity contribution is 7.91. The van der Waals surface area contributed by atoms with Crippen LogP contribution >= 0.6 is 22.9 Å². The third-order valence-corrected chi connectivity index (χ3v) is 6.79. The van der Waals surface area contributed by atoms with Gasteiger partial charge in [-0.3, -0.25) is 0 Å². The van der Waals surface area contributed by atoms with Crippen LogP contribution in [0.15, 0.2) is 46.8 Å². The van der Waals surface area contributed by atoms with Gasteiger partial charge in [0.1, 0.15) is 0 Å². The first kappa shape index (κ1) is 17.7. The largest absolute Gasteiger partial charge is 0.360 e. The fourth-order valence-electron chi connectivity index (χ4n) is 2.58. The van der Waals surface area contributed by atoms with Crippen molar-refractivity contribution in [2.75, 3.05) is 5.75 Å². The number of nitriles is 1. The van der Waals surface area contributed by atoms with E-state index in [1.54, 1.807) is 24.3 Å². The van der Waals surface area contributed by atoms with Crippen LogP contribution in [0.5, 0.6) is 0 Å². The molecule has 0 atom stereocenters. The summed E-state index contributed by atoms with van der Waals surface area (Å²) in [5.74, 6) is 0.0153. The van der Waals surface area contributed by atoms with Crippen molar-refractivity contribution in [2.24, 2.45) is 0 Å². The van der Waals surface area contributed by atoms with Gasteiger partial charge in [0.2, 0.25) is 0 Å². The number of benzene rings is 1. The Morgan fingerprint density at radius 1 is 1.28 bits per heavy atom. The number of H-pyrrole nitrogens is 1. The number of aromatic nitrogens is 1. The Labute approximate surface area is 155 Å². The number of thiophene rings is 1. The Kier molecular flexibility index (Phi) is 5.00. The maximum Gasteiger partial charge on any atom is 0.180 e. The predicted molar refractivity (Wildman–Crippen MR) is 101 cm³/mol. The molecule has 0 fully saturated rings. The van der Waals surface area contributed by atoms with E-state index in [4.69, 9.17) is 16.9 Å². The summed E-state index contributed by atoms with van der Waals surface area (Å²) in [6, 6.07) is 10.8. The first-order chi connectivity index (χ1) is 11.9. The van der Waals surface area contributed by atoms with Crippen LogP contribution in [-0.2, 0) is 16.3 Å². The summed E-state index contributed by atoms with van der Waals surface area (Å²) in [5.41, 5.74) is 4.05. The van der Waals surface area contributed by atoms with Gasteiger partial charge in [-0.2, -0.15) is 5.26 Å². The Bertz CT molecular complexity index is 1060. The van der Waals surface area contributed by atoms with Crippen molar-refractivity contribution in [3.8, 4) is 17.3 Å². The van der Waals surface area contributed by atoms with E-state index in [1.807, 2.05) is 18.4 Å². The van der Waals surface area contributed by atoms with Crippen molar-refractivity contribution >= 4 is 32.8 Å². The molecule has 0 amide bonds. The molecule has 4 nitrogen and oxygen atoms in total. The summed E-state index contributed by atoms with van der Waals surface area (Å²) in [4.78, 5) is 3.27. The molecule has 0 spiro atoms. The number of hydrogen-bond donors (Lipinski definition) is 1. The van der Waals surface area contributed by atoms with Crippen LogP contribution in [-0.4, -0.2) is 19.2 Å². The van der Waals surface area contributed by atoms with Gasteiger partial charge in [-0.25, -0.2) is 8.42 Å². The highest BCUT2D eigenvalue weighted by Crippen LogP contribution is 2.29. The fourth-order valence-corrected chi connectivity index (χ4v) is 4.72. The molecule has 2 heterocycles. The number of aryl methyl sites for hydroxylation is 2. The Hall–Kier alpha value is -2.07. The molecule has 0 unspecified atom stereocenters. The zero-order valence-corrected chi connectivity index (χ0v) is 15.8. The zero-order chi connectivity index (χ0) is 18.0. The molecule has 1 aromatic carbocycles. The lowest BCUT2D eigenvalue weighted by Gasteiger charge is -2.06. The second kappa shape index (κ2) is 7.04. The number of nitrogens with zero attached hydrogens (tertiary/aromatic N) is 1. The first-order valence-corrected chi connectivity index (χ1v) is 10.5. The van der Waals surface area contributed by atoms with E-state index in [0.717, 1.165) is 22.4 Å². The topological polar surface area (TPSA) is 73.7 Å². The highest BCUT2D eigenvalue weighted by atomic mass is 35.5. The van der Waals surface area contributed by atoms with Gasteiger partial charge < -0.3 is 4.98 Å². The summed E-state index contributed by atoms with van der Waals surface area (Å²) in [6.07, 6.45) is 1.92. The van der Waals surface area contributed by atoms with E-state index in [9.17, 15) is 8.42 Å². The predicted octanol–water partition coefficient (Wildman–Crippen LogP) is 4.59. The maximum atomic E-state index is 12.6. The van der Waals surface area contributed by atoms with Gasteiger partial charge in [0.05, 0.1) is 26.6 Å². The first-order valence-electron chi connectivity index (χ1n) is 7.54. The smallest absolute Gasteiger partial charge is 0.180 e. The average Bonchev–Trinajstić information content (AvgIpc) is 3.22. The monoisotopic (exact) mass is 390 g/mol. The van der Waals surface area contributed by atoms with Gasteiger partial charge in [-0.05, 0) is 48.7 Å². The minimum atomic E-state index is -3.40. The fraction of sp³-hybridized carbons (Fsp3) is 0.167. The molecule has 0 aliphatic heterocycles. The molecule has 0 saturated heterocycles. The molecular weight excluding hydrogens is 376 g/mol. The minimum absolute atomic E-state index is 0.0153. The van der Waals surface area contributed by atoms with E-state index in [2.05, 4.69) is 11.1 Å². The molecule has 2 aromatic heterocycles. The summed E-state index contributed by atoms with van der Waals surface area (Å²) in [6.45, 7) is 1.89. The van der Waals surface area contributed by atoms with Crippen molar-refractivity contribution in [3.05, 3.63) is 62.9 Å². The lowest BCUT2D eigenvalue weighted by atomic mass is 10.0. The number of hydrogen-bond acceptors (Lipinski definition) is 4. The third kappa shape index (κ3) is 3.96. The van der Waals surface area contributed by atoms with E-state index < -0.39 is 9.84 Å². The third-order valence-electron chi connectivity index (χ3n) is 4.01. The second-order valence-corrected chi connectivity index (χ2v) is 9.36. The molecule has 0 saturated carbocycles. The number of aromatic amines is 1. The molecule has 25 heavy (non-hydrogen) atoms. The van der Waals surface area contributed by atoms with Gasteiger partial charge >= 0.3 is 0 Å². The van der Waals surface area contributed by atoms with Crippen molar-refractivity contribution in [2.45, 2.75) is 18.2 Å². The molecule has 7 heteroatoms. The van der Waals surface area contributed by atoms with Gasteiger partial charge in [-0.1, -0.05) is 17.7 Å². The lowest BCUT2D eigenvalue weighted by molar-refractivity contribution is 0.595. The zero-order valence-electron chi connectivity index (χ0n) is 13.4. The number of sulfone groups is 1. The standard InChI is InChI=1S/C18H15ClN2O2S2/c1-12-6-13(9-20)2-3-14(12)4-5-25(22,23)16-8-17(21-10-16)15-7-18(19)24-11-15/h2-3,6-8,10-11,21H,4-5H2,1H3. The lowest BCUT2D eigenvalue weighted by Crippen LogP contribution is -2.09. The summed E-state index contributed by atoms with van der Waals surface area (Å²) >= 11 is 7.33. The maximum absolute atomic E-state index is 12.6. The number of halogens is 1. The van der Waals surface area contributed by atoms with Gasteiger partial charge in [0.25, 0.3) is 0 Å². The Balaban J connectivity index is 1.76. The van der Waals surface area contributed by atoms with Crippen molar-refractivity contribution < 1.29 is 8.42 Å². The Morgan fingerprint density at radius 2 is 2.08 bits per heavy atom. The summed E-state index contributed by atoms with van der Waals surface area (Å²) < 4.78 is 25.8. The second-order valence-electron chi connectivity index (χ2n) is 5.71. The van der Waals surface area contributed by atoms with Crippen molar-refractivity contribution in [1.82, 2.24) is 4.98 Å². The molecule has 0 bridgehead atoms. The number of rotatable bonds is 5. The van der Waals surface area contributed by atoms with E-state index in [0.29, 0.717) is 16.3 Å². The highest BCUT2D eigenvalue weighted by Gasteiger charge is 2.18. The molecule has 128 valence electrons. The Morgan fingerprint density at radius 3 is 2.72 bits per heavy atom. The molecule has 1 N–H and O–H groups in total. The summed E-state index contributed by atoms with van der Waals surface area (Å²) in [7, 11) is -3.40. The van der Waals surface area contributed by atoms with E-state index in [1.165, 1.54) is 17.5 Å². The van der Waals surface area contributed by atoms with Crippen LogP contribution < -0.4 is 0 Å². The van der Waals surface area contributed by atoms with E-state index in [-0.39, 0.29) is 10.6 Å². The molecular formula is C18H15ClN2O2S2. The van der Waals surface area contributed by atoms with E-state index >= 15 is 0 Å². The average molecular weight is 391 g/mol. The molecule has 0 aliphatic rings. The van der Waals surface area contributed by atoms with Gasteiger partial charge in [-0.15, -0.1) is 11.3 Å². The van der Waals surface area contributed by atoms with Crippen molar-refractivity contribution in [3.63, 3.8) is 0 Å². The minimum Gasteiger partial charge on any atom is -0.360 e.